The summed E-state index contributed by atoms with van der Waals surface area (Å²) in [5, 5.41) is 0.577. The van der Waals surface area contributed by atoms with Gasteiger partial charge < -0.3 is 19.1 Å². The second-order valence-corrected chi connectivity index (χ2v) is 14.8. The number of ether oxygens (including phenoxy) is 3. The number of amides is 1. The van der Waals surface area contributed by atoms with Gasteiger partial charge in [-0.15, -0.1) is 0 Å². The Morgan fingerprint density at radius 3 is 2.44 bits per heavy atom. The molecule has 0 spiro atoms. The lowest BCUT2D eigenvalue weighted by molar-refractivity contribution is -0.377. The average molecular weight is 728 g/mol. The number of esters is 1. The summed E-state index contributed by atoms with van der Waals surface area (Å²) in [6.45, 7) is -2.72. The first-order valence-electron chi connectivity index (χ1n) is 15.4. The van der Waals surface area contributed by atoms with E-state index >= 15 is 0 Å². The first-order chi connectivity index (χ1) is 22.8. The van der Waals surface area contributed by atoms with Crippen LogP contribution in [0.3, 0.4) is 0 Å². The number of H-pyrrole nitrogens is 1. The van der Waals surface area contributed by atoms with Crippen LogP contribution in [0.4, 0.5) is 8.78 Å². The Bertz CT molecular complexity index is 1740. The van der Waals surface area contributed by atoms with Gasteiger partial charge in [-0.2, -0.15) is 13.1 Å². The van der Waals surface area contributed by atoms with Crippen molar-refractivity contribution in [2.24, 2.45) is 11.8 Å². The second-order valence-electron chi connectivity index (χ2n) is 12.0. The van der Waals surface area contributed by atoms with Gasteiger partial charge in [0.1, 0.15) is 16.1 Å². The van der Waals surface area contributed by atoms with Gasteiger partial charge >= 0.3 is 12.6 Å². The number of rotatable bonds is 13. The quantitative estimate of drug-likeness (QED) is 0.204. The van der Waals surface area contributed by atoms with Crippen molar-refractivity contribution in [1.29, 1.82) is 0 Å². The van der Waals surface area contributed by atoms with Crippen molar-refractivity contribution in [2.75, 3.05) is 33.8 Å². The first kappa shape index (κ1) is 35.8. The summed E-state index contributed by atoms with van der Waals surface area (Å²) in [6, 6.07) is 10.1. The molecule has 1 aromatic heterocycles. The van der Waals surface area contributed by atoms with Crippen molar-refractivity contribution >= 4 is 45.1 Å². The number of nitrogens with zero attached hydrogens (tertiary/aromatic N) is 2. The number of benzene rings is 2. The Hall–Kier alpha value is -3.52. The van der Waals surface area contributed by atoms with E-state index in [0.717, 1.165) is 12.8 Å². The van der Waals surface area contributed by atoms with Crippen molar-refractivity contribution in [3.05, 3.63) is 81.6 Å². The average Bonchev–Trinajstić information content (AvgIpc) is 3.89. The van der Waals surface area contributed by atoms with Gasteiger partial charge in [0.25, 0.3) is 5.91 Å². The summed E-state index contributed by atoms with van der Waals surface area (Å²) >= 11 is 12.9. The lowest BCUT2D eigenvalue weighted by atomic mass is 9.98. The minimum absolute atomic E-state index is 0.0244. The zero-order chi connectivity index (χ0) is 34.6. The molecule has 10 nitrogen and oxygen atoms in total. The fraction of sp³-hybridized carbons (Fsp3) is 0.424. The Balaban J connectivity index is 1.40. The molecule has 5 rings (SSSR count). The van der Waals surface area contributed by atoms with Crippen LogP contribution in [0, 0.1) is 11.8 Å². The van der Waals surface area contributed by atoms with Gasteiger partial charge in [0.2, 0.25) is 10.0 Å². The van der Waals surface area contributed by atoms with Crippen LogP contribution in [-0.2, 0) is 26.0 Å². The number of aromatic amines is 1. The zero-order valence-electron chi connectivity index (χ0n) is 26.3. The van der Waals surface area contributed by atoms with E-state index in [-0.39, 0.29) is 57.4 Å². The molecule has 1 N–H and O–H groups in total. The zero-order valence-corrected chi connectivity index (χ0v) is 28.7. The molecular formula is C33H36Cl2F2N3O7S+. The van der Waals surface area contributed by atoms with Gasteiger partial charge in [0.05, 0.1) is 17.4 Å². The molecule has 2 aliphatic rings. The highest BCUT2D eigenvalue weighted by atomic mass is 35.5. The van der Waals surface area contributed by atoms with Gasteiger partial charge in [-0.05, 0) is 67.5 Å². The Morgan fingerprint density at radius 1 is 1.04 bits per heavy atom. The monoisotopic (exact) mass is 726 g/mol. The fourth-order valence-electron chi connectivity index (χ4n) is 5.39. The van der Waals surface area contributed by atoms with Crippen molar-refractivity contribution in [3.8, 4) is 11.5 Å². The molecule has 0 bridgehead atoms. The summed E-state index contributed by atoms with van der Waals surface area (Å²) in [7, 11) is -0.909. The smallest absolute Gasteiger partial charge is 0.387 e. The van der Waals surface area contributed by atoms with Crippen LogP contribution in [0.15, 0.2) is 59.8 Å². The molecule has 2 aromatic carbocycles. The van der Waals surface area contributed by atoms with E-state index in [4.69, 9.17) is 32.7 Å². The van der Waals surface area contributed by atoms with Crippen LogP contribution in [0.1, 0.15) is 53.3 Å². The molecule has 2 heterocycles. The molecule has 1 aliphatic carbocycles. The van der Waals surface area contributed by atoms with E-state index in [1.165, 1.54) is 64.1 Å². The Morgan fingerprint density at radius 2 is 1.77 bits per heavy atom. The highest BCUT2D eigenvalue weighted by Crippen LogP contribution is 2.38. The molecule has 15 heteroatoms. The second kappa shape index (κ2) is 15.4. The number of carbonyl (C=O) groups is 2. The maximum absolute atomic E-state index is 13.8. The first-order valence-corrected chi connectivity index (χ1v) is 17.6. The molecule has 1 saturated carbocycles. The molecule has 1 saturated heterocycles. The molecule has 48 heavy (non-hydrogen) atoms. The third-order valence-electron chi connectivity index (χ3n) is 8.21. The van der Waals surface area contributed by atoms with Gasteiger partial charge in [0, 0.05) is 44.7 Å². The third kappa shape index (κ3) is 8.73. The number of pyridine rings is 1. The predicted molar refractivity (Wildman–Crippen MR) is 173 cm³/mol. The minimum Gasteiger partial charge on any atom is -0.489 e. The molecule has 1 aliphatic heterocycles. The maximum Gasteiger partial charge on any atom is 0.387 e. The lowest BCUT2D eigenvalue weighted by Gasteiger charge is -2.32. The van der Waals surface area contributed by atoms with Gasteiger partial charge in [-0.25, -0.2) is 13.4 Å². The summed E-state index contributed by atoms with van der Waals surface area (Å²) in [4.78, 5) is 30.4. The highest BCUT2D eigenvalue weighted by Gasteiger charge is 2.36. The van der Waals surface area contributed by atoms with Crippen LogP contribution in [-0.4, -0.2) is 69.9 Å². The van der Waals surface area contributed by atoms with Crippen LogP contribution in [0.2, 0.25) is 10.0 Å². The number of aromatic nitrogens is 1. The molecule has 3 aromatic rings. The number of sulfonamides is 1. The minimum atomic E-state index is -4.05. The summed E-state index contributed by atoms with van der Waals surface area (Å²) < 4.78 is 71.5. The SMILES string of the molecule is CN(C)C(=O)c1cccc(S(=O)(=O)N2CCC[C@@H](C(=O)O[C@@H](Cc3c(Cl)c[nH+]cc3Cl)c3ccc(OC(F)F)c(OCC4CC4)c3)C2)c1. The number of piperidine rings is 1. The van der Waals surface area contributed by atoms with Crippen molar-refractivity contribution in [3.63, 3.8) is 0 Å². The van der Waals surface area contributed by atoms with Crippen LogP contribution < -0.4 is 14.5 Å². The number of nitrogens with one attached hydrogen (secondary N) is 1. The van der Waals surface area contributed by atoms with E-state index in [2.05, 4.69) is 9.72 Å². The van der Waals surface area contributed by atoms with Crippen molar-refractivity contribution in [2.45, 2.75) is 49.7 Å². The number of halogens is 4. The van der Waals surface area contributed by atoms with E-state index in [9.17, 15) is 26.8 Å². The maximum atomic E-state index is 13.8. The fourth-order valence-corrected chi connectivity index (χ4v) is 7.50. The summed E-state index contributed by atoms with van der Waals surface area (Å²) in [6.07, 6.45) is 4.78. The number of carbonyl (C=O) groups excluding carboxylic acids is 2. The molecule has 0 unspecified atom stereocenters. The number of hydrogen-bond donors (Lipinski definition) is 0. The number of hydrogen-bond acceptors (Lipinski definition) is 7. The standard InChI is InChI=1S/C33H35Cl2F2N3O7S/c1-39(2)31(41)22-5-3-7-24(13-22)48(43,44)40-12-4-6-23(18-40)32(42)46-29(15-25-26(34)16-38-17-27(25)35)21-10-11-28(47-33(36)37)30(14-21)45-19-20-8-9-20/h3,5,7,10-11,13-14,16-17,20,23,29,33H,4,6,8-9,12,15,18-19H2,1-2H3/p+1/t23-,29+/m1/s1. The van der Waals surface area contributed by atoms with Gasteiger partial charge in [0.15, 0.2) is 23.9 Å². The van der Waals surface area contributed by atoms with E-state index < -0.39 is 34.6 Å². The Labute approximate surface area is 287 Å². The van der Waals surface area contributed by atoms with Crippen molar-refractivity contribution in [1.82, 2.24) is 9.21 Å². The highest BCUT2D eigenvalue weighted by molar-refractivity contribution is 7.89. The third-order valence-corrected chi connectivity index (χ3v) is 10.7. The topological polar surface area (TPSA) is 117 Å². The number of alkyl halides is 2. The molecule has 0 radical (unpaired) electrons. The molecule has 258 valence electrons. The molecule has 2 atom stereocenters. The van der Waals surface area contributed by atoms with Gasteiger partial charge in [-0.1, -0.05) is 35.3 Å². The van der Waals surface area contributed by atoms with E-state index in [0.29, 0.717) is 36.5 Å². The molecular weight excluding hydrogens is 691 g/mol. The Kier molecular flexibility index (Phi) is 11.4. The summed E-state index contributed by atoms with van der Waals surface area (Å²) in [5.74, 6) is -1.58. The van der Waals surface area contributed by atoms with Crippen LogP contribution >= 0.6 is 23.2 Å². The van der Waals surface area contributed by atoms with Gasteiger partial charge in [-0.3, -0.25) is 9.59 Å². The van der Waals surface area contributed by atoms with Crippen LogP contribution in [0.5, 0.6) is 11.5 Å². The van der Waals surface area contributed by atoms with E-state index in [1.807, 2.05) is 0 Å². The van der Waals surface area contributed by atoms with E-state index in [1.54, 1.807) is 14.1 Å². The van der Waals surface area contributed by atoms with Crippen LogP contribution in [0.25, 0.3) is 0 Å². The summed E-state index contributed by atoms with van der Waals surface area (Å²) in [5.41, 5.74) is 1.11. The predicted octanol–water partition coefficient (Wildman–Crippen LogP) is 5.83. The van der Waals surface area contributed by atoms with Crippen molar-refractivity contribution < 1.29 is 46.0 Å². The lowest BCUT2D eigenvalue weighted by Crippen LogP contribution is -2.43. The molecule has 2 fully saturated rings. The normalized spacial score (nSPS) is 17.5. The largest absolute Gasteiger partial charge is 0.489 e. The molecule has 1 amide bonds.